The number of hydrogen-bond donors (Lipinski definition) is 2. The standard InChI is InChI=1S/C14H25NO5/c1-14(2,3)20-13(18)15-11(4-5-12(16)17)10-6-8-19-9-7-10/h10-11H,4-9H2,1-3H3,(H,15,18)(H,16,17). The molecule has 1 heterocycles. The van der Waals surface area contributed by atoms with E-state index in [1.165, 1.54) is 0 Å². The Balaban J connectivity index is 2.56. The second-order valence-electron chi connectivity index (χ2n) is 6.13. The second kappa shape index (κ2) is 7.47. The smallest absolute Gasteiger partial charge is 0.407 e. The summed E-state index contributed by atoms with van der Waals surface area (Å²) in [4.78, 5) is 22.6. The van der Waals surface area contributed by atoms with Gasteiger partial charge in [-0.1, -0.05) is 0 Å². The average Bonchev–Trinajstić information content (AvgIpc) is 2.33. The number of carboxylic acid groups (broad SMARTS) is 1. The molecule has 1 rings (SSSR count). The van der Waals surface area contributed by atoms with E-state index in [9.17, 15) is 9.59 Å². The van der Waals surface area contributed by atoms with E-state index in [4.69, 9.17) is 14.6 Å². The fourth-order valence-corrected chi connectivity index (χ4v) is 2.28. The molecule has 0 aromatic rings. The van der Waals surface area contributed by atoms with Crippen molar-refractivity contribution in [2.45, 2.75) is 58.1 Å². The molecule has 0 saturated carbocycles. The Morgan fingerprint density at radius 1 is 1.35 bits per heavy atom. The molecule has 0 bridgehead atoms. The van der Waals surface area contributed by atoms with E-state index in [1.54, 1.807) is 20.8 Å². The fourth-order valence-electron chi connectivity index (χ4n) is 2.28. The molecule has 1 unspecified atom stereocenters. The van der Waals surface area contributed by atoms with Crippen molar-refractivity contribution < 1.29 is 24.2 Å². The van der Waals surface area contributed by atoms with Crippen LogP contribution in [0.1, 0.15) is 46.5 Å². The minimum Gasteiger partial charge on any atom is -0.481 e. The van der Waals surface area contributed by atoms with Crippen LogP contribution in [0, 0.1) is 5.92 Å². The summed E-state index contributed by atoms with van der Waals surface area (Å²) in [6, 6.07) is -0.176. The number of aliphatic carboxylic acids is 1. The molecule has 6 nitrogen and oxygen atoms in total. The molecule has 1 saturated heterocycles. The van der Waals surface area contributed by atoms with Gasteiger partial charge < -0.3 is 19.9 Å². The van der Waals surface area contributed by atoms with Crippen LogP contribution >= 0.6 is 0 Å². The van der Waals surface area contributed by atoms with Crippen molar-refractivity contribution in [2.75, 3.05) is 13.2 Å². The molecule has 0 spiro atoms. The van der Waals surface area contributed by atoms with Crippen molar-refractivity contribution in [3.05, 3.63) is 0 Å². The van der Waals surface area contributed by atoms with Crippen molar-refractivity contribution in [3.63, 3.8) is 0 Å². The van der Waals surface area contributed by atoms with Crippen molar-refractivity contribution in [2.24, 2.45) is 5.92 Å². The summed E-state index contributed by atoms with van der Waals surface area (Å²) in [5, 5.41) is 11.6. The number of hydrogen-bond acceptors (Lipinski definition) is 4. The molecule has 116 valence electrons. The Labute approximate surface area is 119 Å². The van der Waals surface area contributed by atoms with Gasteiger partial charge in [-0.3, -0.25) is 4.79 Å². The number of rotatable bonds is 5. The first-order valence-corrected chi connectivity index (χ1v) is 7.07. The first-order chi connectivity index (χ1) is 9.28. The summed E-state index contributed by atoms with van der Waals surface area (Å²) < 4.78 is 10.5. The van der Waals surface area contributed by atoms with Gasteiger partial charge in [-0.15, -0.1) is 0 Å². The summed E-state index contributed by atoms with van der Waals surface area (Å²) in [6.45, 7) is 6.71. The van der Waals surface area contributed by atoms with Crippen molar-refractivity contribution in [3.8, 4) is 0 Å². The fraction of sp³-hybridized carbons (Fsp3) is 0.857. The van der Waals surface area contributed by atoms with Gasteiger partial charge in [-0.2, -0.15) is 0 Å². The number of carbonyl (C=O) groups is 2. The highest BCUT2D eigenvalue weighted by Gasteiger charge is 2.27. The van der Waals surface area contributed by atoms with Gasteiger partial charge in [-0.05, 0) is 46.0 Å². The number of ether oxygens (including phenoxy) is 2. The molecule has 0 aliphatic carbocycles. The van der Waals surface area contributed by atoms with Crippen molar-refractivity contribution in [1.82, 2.24) is 5.32 Å². The van der Waals surface area contributed by atoms with Crippen LogP contribution in [-0.2, 0) is 14.3 Å². The maximum atomic E-state index is 11.8. The van der Waals surface area contributed by atoms with Crippen LogP contribution in [0.4, 0.5) is 4.79 Å². The molecule has 0 aromatic carbocycles. The molecule has 1 amide bonds. The lowest BCUT2D eigenvalue weighted by molar-refractivity contribution is -0.137. The van der Waals surface area contributed by atoms with Crippen LogP contribution < -0.4 is 5.32 Å². The molecule has 0 aromatic heterocycles. The third-order valence-electron chi connectivity index (χ3n) is 3.21. The summed E-state index contributed by atoms with van der Waals surface area (Å²) in [5.41, 5.74) is -0.558. The number of alkyl carbamates (subject to hydrolysis) is 1. The lowest BCUT2D eigenvalue weighted by Gasteiger charge is -2.31. The molecule has 1 aliphatic heterocycles. The molecule has 1 atom stereocenters. The zero-order valence-electron chi connectivity index (χ0n) is 12.5. The maximum absolute atomic E-state index is 11.8. The summed E-state index contributed by atoms with van der Waals surface area (Å²) in [6.07, 6.45) is 1.64. The number of carbonyl (C=O) groups excluding carboxylic acids is 1. The minimum atomic E-state index is -0.854. The quantitative estimate of drug-likeness (QED) is 0.809. The van der Waals surface area contributed by atoms with E-state index in [0.717, 1.165) is 12.8 Å². The molecular weight excluding hydrogens is 262 g/mol. The van der Waals surface area contributed by atoms with Gasteiger partial charge in [0.25, 0.3) is 0 Å². The first kappa shape index (κ1) is 16.8. The lowest BCUT2D eigenvalue weighted by Crippen LogP contribution is -2.44. The third-order valence-corrected chi connectivity index (χ3v) is 3.21. The molecule has 2 N–H and O–H groups in total. The molecule has 0 radical (unpaired) electrons. The van der Waals surface area contributed by atoms with Gasteiger partial charge in [0.2, 0.25) is 0 Å². The average molecular weight is 287 g/mol. The predicted octanol–water partition coefficient (Wildman–Crippen LogP) is 2.17. The number of nitrogens with one attached hydrogen (secondary N) is 1. The van der Waals surface area contributed by atoms with Crippen molar-refractivity contribution >= 4 is 12.1 Å². The Morgan fingerprint density at radius 3 is 2.45 bits per heavy atom. The van der Waals surface area contributed by atoms with Crippen LogP contribution in [0.5, 0.6) is 0 Å². The highest BCUT2D eigenvalue weighted by molar-refractivity contribution is 5.69. The zero-order chi connectivity index (χ0) is 15.2. The monoisotopic (exact) mass is 287 g/mol. The summed E-state index contributed by atoms with van der Waals surface area (Å²) in [7, 11) is 0. The van der Waals surface area contributed by atoms with Gasteiger partial charge in [0.1, 0.15) is 5.60 Å². The van der Waals surface area contributed by atoms with Gasteiger partial charge in [-0.25, -0.2) is 4.79 Å². The van der Waals surface area contributed by atoms with Crippen molar-refractivity contribution in [1.29, 1.82) is 0 Å². The Morgan fingerprint density at radius 2 is 1.95 bits per heavy atom. The predicted molar refractivity (Wildman–Crippen MR) is 73.6 cm³/mol. The van der Waals surface area contributed by atoms with Gasteiger partial charge in [0.05, 0.1) is 0 Å². The molecule has 1 fully saturated rings. The topological polar surface area (TPSA) is 84.9 Å². The normalized spacial score (nSPS) is 18.4. The minimum absolute atomic E-state index is 0.0395. The van der Waals surface area contributed by atoms with Crippen LogP contribution in [0.15, 0.2) is 0 Å². The van der Waals surface area contributed by atoms with E-state index in [0.29, 0.717) is 19.6 Å². The number of carboxylic acids is 1. The van der Waals surface area contributed by atoms with E-state index in [1.807, 2.05) is 0 Å². The molecule has 20 heavy (non-hydrogen) atoms. The highest BCUT2D eigenvalue weighted by Crippen LogP contribution is 2.22. The lowest BCUT2D eigenvalue weighted by atomic mass is 9.89. The molecule has 1 aliphatic rings. The number of amides is 1. The largest absolute Gasteiger partial charge is 0.481 e. The summed E-state index contributed by atoms with van der Waals surface area (Å²) in [5.74, 6) is -0.608. The Hall–Kier alpha value is -1.30. The van der Waals surface area contributed by atoms with Crippen LogP contribution in [-0.4, -0.2) is 42.0 Å². The van der Waals surface area contributed by atoms with Gasteiger partial charge in [0.15, 0.2) is 0 Å². The zero-order valence-corrected chi connectivity index (χ0v) is 12.5. The van der Waals surface area contributed by atoms with Crippen LogP contribution in [0.2, 0.25) is 0 Å². The van der Waals surface area contributed by atoms with Crippen LogP contribution in [0.25, 0.3) is 0 Å². The third kappa shape index (κ3) is 6.75. The molecular formula is C14H25NO5. The van der Waals surface area contributed by atoms with E-state index >= 15 is 0 Å². The maximum Gasteiger partial charge on any atom is 0.407 e. The molecule has 6 heteroatoms. The van der Waals surface area contributed by atoms with Crippen LogP contribution in [0.3, 0.4) is 0 Å². The second-order valence-corrected chi connectivity index (χ2v) is 6.13. The van der Waals surface area contributed by atoms with E-state index in [2.05, 4.69) is 5.32 Å². The SMILES string of the molecule is CC(C)(C)OC(=O)NC(CCC(=O)O)C1CCOCC1. The van der Waals surface area contributed by atoms with E-state index in [-0.39, 0.29) is 18.4 Å². The summed E-state index contributed by atoms with van der Waals surface area (Å²) >= 11 is 0. The Kier molecular flexibility index (Phi) is 6.26. The Bertz CT molecular complexity index is 331. The van der Waals surface area contributed by atoms with Gasteiger partial charge >= 0.3 is 12.1 Å². The highest BCUT2D eigenvalue weighted by atomic mass is 16.6. The first-order valence-electron chi connectivity index (χ1n) is 7.07. The van der Waals surface area contributed by atoms with Gasteiger partial charge in [0, 0.05) is 25.7 Å². The van der Waals surface area contributed by atoms with E-state index < -0.39 is 17.7 Å².